The van der Waals surface area contributed by atoms with Crippen LogP contribution in [0, 0.1) is 10.5 Å². The third kappa shape index (κ3) is 3.77. The van der Waals surface area contributed by atoms with E-state index in [2.05, 4.69) is 34.8 Å². The molecule has 1 atom stereocenters. The molecule has 0 aliphatic carbocycles. The average Bonchev–Trinajstić information content (AvgIpc) is 2.17. The number of carbonyl (C=O) groups is 1. The van der Waals surface area contributed by atoms with Crippen LogP contribution >= 0.6 is 22.6 Å². The van der Waals surface area contributed by atoms with Crippen LogP contribution in [0.2, 0.25) is 0 Å². The fourth-order valence-corrected chi connectivity index (χ4v) is 2.53. The van der Waals surface area contributed by atoms with Crippen LogP contribution in [-0.4, -0.2) is 11.9 Å². The molecular formula is C13H18INO. The Morgan fingerprint density at radius 3 is 2.75 bits per heavy atom. The number of benzene rings is 1. The van der Waals surface area contributed by atoms with Crippen molar-refractivity contribution in [2.75, 3.05) is 0 Å². The number of amides is 1. The molecule has 0 fully saturated rings. The van der Waals surface area contributed by atoms with E-state index < -0.39 is 0 Å². The molecule has 0 saturated heterocycles. The van der Waals surface area contributed by atoms with Gasteiger partial charge in [-0.2, -0.15) is 0 Å². The minimum absolute atomic E-state index is 0.0327. The van der Waals surface area contributed by atoms with E-state index in [1.807, 2.05) is 32.0 Å². The first-order valence-electron chi connectivity index (χ1n) is 5.61. The molecule has 1 rings (SSSR count). The molecule has 0 radical (unpaired) electrons. The van der Waals surface area contributed by atoms with E-state index in [1.165, 1.54) is 5.56 Å². The highest BCUT2D eigenvalue weighted by Gasteiger charge is 2.11. The van der Waals surface area contributed by atoms with Gasteiger partial charge in [0.05, 0.1) is 5.56 Å². The monoisotopic (exact) mass is 331 g/mol. The fourth-order valence-electron chi connectivity index (χ4n) is 1.61. The third-order valence-electron chi connectivity index (χ3n) is 2.47. The van der Waals surface area contributed by atoms with Crippen LogP contribution in [0.15, 0.2) is 18.2 Å². The second kappa shape index (κ2) is 6.23. The number of carbonyl (C=O) groups excluding carboxylic acids is 1. The second-order valence-corrected chi connectivity index (χ2v) is 5.31. The molecule has 0 saturated carbocycles. The van der Waals surface area contributed by atoms with Gasteiger partial charge in [-0.3, -0.25) is 4.79 Å². The zero-order valence-corrected chi connectivity index (χ0v) is 12.2. The van der Waals surface area contributed by atoms with E-state index in [0.29, 0.717) is 0 Å². The summed E-state index contributed by atoms with van der Waals surface area (Å²) in [5.41, 5.74) is 1.96. The van der Waals surface area contributed by atoms with E-state index >= 15 is 0 Å². The van der Waals surface area contributed by atoms with Crippen LogP contribution in [0.25, 0.3) is 0 Å². The van der Waals surface area contributed by atoms with Crippen molar-refractivity contribution < 1.29 is 4.79 Å². The molecule has 88 valence electrons. The van der Waals surface area contributed by atoms with Gasteiger partial charge in [-0.25, -0.2) is 0 Å². The van der Waals surface area contributed by atoms with Crippen molar-refractivity contribution in [3.63, 3.8) is 0 Å². The van der Waals surface area contributed by atoms with Gasteiger partial charge in [0.1, 0.15) is 0 Å². The second-order valence-electron chi connectivity index (χ2n) is 4.15. The molecule has 0 heterocycles. The molecule has 3 heteroatoms. The molecule has 2 nitrogen and oxygen atoms in total. The van der Waals surface area contributed by atoms with Gasteiger partial charge in [-0.15, -0.1) is 0 Å². The van der Waals surface area contributed by atoms with Crippen LogP contribution in [0.3, 0.4) is 0 Å². The highest BCUT2D eigenvalue weighted by molar-refractivity contribution is 14.1. The van der Waals surface area contributed by atoms with E-state index in [4.69, 9.17) is 0 Å². The van der Waals surface area contributed by atoms with Crippen LogP contribution in [-0.2, 0) is 0 Å². The summed E-state index contributed by atoms with van der Waals surface area (Å²) in [6, 6.07) is 6.14. The first-order chi connectivity index (χ1) is 7.54. The van der Waals surface area contributed by atoms with Crippen molar-refractivity contribution >= 4 is 28.5 Å². The van der Waals surface area contributed by atoms with Crippen molar-refractivity contribution in [1.82, 2.24) is 5.32 Å². The topological polar surface area (TPSA) is 29.1 Å². The Morgan fingerprint density at radius 1 is 1.50 bits per heavy atom. The maximum Gasteiger partial charge on any atom is 0.252 e. The summed E-state index contributed by atoms with van der Waals surface area (Å²) < 4.78 is 1.01. The molecule has 1 amide bonds. The van der Waals surface area contributed by atoms with E-state index in [1.54, 1.807) is 0 Å². The van der Waals surface area contributed by atoms with Gasteiger partial charge >= 0.3 is 0 Å². The third-order valence-corrected chi connectivity index (χ3v) is 3.36. The smallest absolute Gasteiger partial charge is 0.252 e. The molecule has 0 aromatic heterocycles. The molecule has 0 aliphatic heterocycles. The number of rotatable bonds is 4. The fraction of sp³-hybridized carbons (Fsp3) is 0.462. The number of nitrogens with one attached hydrogen (secondary N) is 1. The van der Waals surface area contributed by atoms with Crippen LogP contribution in [0.4, 0.5) is 0 Å². The Morgan fingerprint density at radius 2 is 2.19 bits per heavy atom. The van der Waals surface area contributed by atoms with Gasteiger partial charge in [-0.05, 0) is 55.0 Å². The first kappa shape index (κ1) is 13.5. The standard InChI is InChI=1S/C13H18INO/c1-4-5-10(3)15-13(16)11-7-6-9(2)8-12(11)14/h6-8,10H,4-5H2,1-3H3,(H,15,16). The number of hydrogen-bond acceptors (Lipinski definition) is 1. The molecule has 0 spiro atoms. The molecule has 0 aliphatic rings. The lowest BCUT2D eigenvalue weighted by atomic mass is 10.1. The summed E-state index contributed by atoms with van der Waals surface area (Å²) in [5, 5.41) is 3.01. The van der Waals surface area contributed by atoms with E-state index in [9.17, 15) is 4.79 Å². The minimum Gasteiger partial charge on any atom is -0.350 e. The molecule has 0 bridgehead atoms. The predicted molar refractivity (Wildman–Crippen MR) is 75.7 cm³/mol. The van der Waals surface area contributed by atoms with Gasteiger partial charge in [0, 0.05) is 9.61 Å². The largest absolute Gasteiger partial charge is 0.350 e. The number of halogens is 1. The van der Waals surface area contributed by atoms with E-state index in [0.717, 1.165) is 22.0 Å². The lowest BCUT2D eigenvalue weighted by Crippen LogP contribution is -2.32. The van der Waals surface area contributed by atoms with Gasteiger partial charge in [-0.1, -0.05) is 25.0 Å². The summed E-state index contributed by atoms with van der Waals surface area (Å²) in [7, 11) is 0. The summed E-state index contributed by atoms with van der Waals surface area (Å²) >= 11 is 2.21. The number of hydrogen-bond donors (Lipinski definition) is 1. The Kier molecular flexibility index (Phi) is 5.25. The molecule has 1 aromatic carbocycles. The highest BCUT2D eigenvalue weighted by atomic mass is 127. The zero-order chi connectivity index (χ0) is 12.1. The molecule has 1 unspecified atom stereocenters. The maximum absolute atomic E-state index is 11.9. The lowest BCUT2D eigenvalue weighted by molar-refractivity contribution is 0.0937. The van der Waals surface area contributed by atoms with Gasteiger partial charge in [0.15, 0.2) is 0 Å². The molecule has 1 N–H and O–H groups in total. The molecular weight excluding hydrogens is 313 g/mol. The first-order valence-corrected chi connectivity index (χ1v) is 6.69. The van der Waals surface area contributed by atoms with Crippen LogP contribution in [0.5, 0.6) is 0 Å². The summed E-state index contributed by atoms with van der Waals surface area (Å²) in [5.74, 6) is 0.0327. The van der Waals surface area contributed by atoms with Crippen molar-refractivity contribution in [3.05, 3.63) is 32.9 Å². The van der Waals surface area contributed by atoms with Crippen molar-refractivity contribution in [1.29, 1.82) is 0 Å². The van der Waals surface area contributed by atoms with Crippen LogP contribution in [0.1, 0.15) is 42.6 Å². The van der Waals surface area contributed by atoms with Crippen molar-refractivity contribution in [2.24, 2.45) is 0 Å². The Bertz CT molecular complexity index is 376. The highest BCUT2D eigenvalue weighted by Crippen LogP contribution is 2.14. The van der Waals surface area contributed by atoms with Crippen molar-refractivity contribution in [2.45, 2.75) is 39.7 Å². The summed E-state index contributed by atoms with van der Waals surface area (Å²) in [4.78, 5) is 11.9. The van der Waals surface area contributed by atoms with Crippen LogP contribution < -0.4 is 5.32 Å². The minimum atomic E-state index is 0.0327. The Hall–Kier alpha value is -0.580. The lowest BCUT2D eigenvalue weighted by Gasteiger charge is -2.13. The Labute approximate surface area is 111 Å². The van der Waals surface area contributed by atoms with Gasteiger partial charge < -0.3 is 5.32 Å². The van der Waals surface area contributed by atoms with Crippen molar-refractivity contribution in [3.8, 4) is 0 Å². The van der Waals surface area contributed by atoms with Gasteiger partial charge in [0.2, 0.25) is 0 Å². The SMILES string of the molecule is CCCC(C)NC(=O)c1ccc(C)cc1I. The zero-order valence-electron chi connectivity index (χ0n) is 10.0. The summed E-state index contributed by atoms with van der Waals surface area (Å²) in [6.07, 6.45) is 2.11. The quantitative estimate of drug-likeness (QED) is 0.841. The average molecular weight is 331 g/mol. The maximum atomic E-state index is 11.9. The Balaban J connectivity index is 2.73. The summed E-state index contributed by atoms with van der Waals surface area (Å²) in [6.45, 7) is 6.20. The van der Waals surface area contributed by atoms with Gasteiger partial charge in [0.25, 0.3) is 5.91 Å². The normalized spacial score (nSPS) is 12.2. The van der Waals surface area contributed by atoms with E-state index in [-0.39, 0.29) is 11.9 Å². The molecule has 16 heavy (non-hydrogen) atoms. The number of aryl methyl sites for hydroxylation is 1. The molecule has 1 aromatic rings. The predicted octanol–water partition coefficient (Wildman–Crippen LogP) is 3.52.